The molecule has 0 saturated carbocycles. The lowest BCUT2D eigenvalue weighted by Crippen LogP contribution is -2.27. The lowest BCUT2D eigenvalue weighted by atomic mass is 9.82. The average molecular weight is 374 g/mol. The Labute approximate surface area is 162 Å². The first kappa shape index (κ1) is 16.9. The van der Waals surface area contributed by atoms with E-state index in [0.29, 0.717) is 12.0 Å². The van der Waals surface area contributed by atoms with Crippen LogP contribution in [0.1, 0.15) is 46.7 Å². The quantitative estimate of drug-likeness (QED) is 0.657. The van der Waals surface area contributed by atoms with Crippen LogP contribution in [0.5, 0.6) is 0 Å². The molecule has 2 aliphatic heterocycles. The third kappa shape index (κ3) is 2.64. The van der Waals surface area contributed by atoms with Gasteiger partial charge in [0.2, 0.25) is 5.91 Å². The highest BCUT2D eigenvalue weighted by Gasteiger charge is 2.31. The summed E-state index contributed by atoms with van der Waals surface area (Å²) in [6, 6.07) is 11.9. The number of aromatic amines is 1. The number of nitrogens with two attached hydrogens (primary N) is 1. The number of H-pyrrole nitrogens is 1. The third-order valence-electron chi connectivity index (χ3n) is 5.92. The van der Waals surface area contributed by atoms with E-state index in [1.54, 1.807) is 0 Å². The molecular weight excluding hydrogens is 352 g/mol. The number of rotatable bonds is 3. The van der Waals surface area contributed by atoms with Crippen LogP contribution in [0.25, 0.3) is 10.9 Å². The van der Waals surface area contributed by atoms with Crippen LogP contribution in [-0.2, 0) is 4.79 Å². The molecule has 1 atom stereocenters. The molecule has 3 heterocycles. The Hall–Kier alpha value is -3.28. The zero-order valence-electron chi connectivity index (χ0n) is 15.5. The fourth-order valence-corrected chi connectivity index (χ4v) is 4.61. The first-order valence-corrected chi connectivity index (χ1v) is 9.70. The second-order valence-electron chi connectivity index (χ2n) is 7.61. The summed E-state index contributed by atoms with van der Waals surface area (Å²) in [5, 5.41) is 4.10. The van der Waals surface area contributed by atoms with Crippen molar-refractivity contribution in [1.82, 2.24) is 4.98 Å². The molecule has 0 unspecified atom stereocenters. The molecule has 6 heteroatoms. The standard InChI is InChI=1S/C22H22N4O2/c23-22(28)17-10-16-15(13-4-3-5-18-14(13)6-7-24-18)11-21(27)25-19(16)12-20(17)26-8-1-2-9-26/h3-7,10,12,15,24H,1-2,8-9,11H2,(H2,23,28)(H,25,27)/t15-/m0/s1. The molecule has 2 aromatic carbocycles. The monoisotopic (exact) mass is 374 g/mol. The number of benzene rings is 2. The molecular formula is C22H22N4O2. The van der Waals surface area contributed by atoms with Crippen molar-refractivity contribution in [1.29, 1.82) is 0 Å². The molecule has 1 fully saturated rings. The number of fused-ring (bicyclic) bond motifs is 2. The SMILES string of the molecule is NC(=O)c1cc2c(cc1N1CCCC1)NC(=O)C[C@H]2c1cccc2[nH]ccc12. The molecule has 28 heavy (non-hydrogen) atoms. The summed E-state index contributed by atoms with van der Waals surface area (Å²) in [6.45, 7) is 1.80. The molecule has 6 nitrogen and oxygen atoms in total. The van der Waals surface area contributed by atoms with Crippen LogP contribution in [0.2, 0.25) is 0 Å². The van der Waals surface area contributed by atoms with E-state index in [-0.39, 0.29) is 11.8 Å². The largest absolute Gasteiger partial charge is 0.371 e. The van der Waals surface area contributed by atoms with E-state index >= 15 is 0 Å². The van der Waals surface area contributed by atoms with Crippen molar-refractivity contribution in [2.45, 2.75) is 25.2 Å². The fraction of sp³-hybridized carbons (Fsp3) is 0.273. The second kappa shape index (κ2) is 6.41. The van der Waals surface area contributed by atoms with Gasteiger partial charge in [-0.15, -0.1) is 0 Å². The zero-order chi connectivity index (χ0) is 19.3. The fourth-order valence-electron chi connectivity index (χ4n) is 4.61. The highest BCUT2D eigenvalue weighted by Crippen LogP contribution is 2.42. The van der Waals surface area contributed by atoms with Gasteiger partial charge >= 0.3 is 0 Å². The van der Waals surface area contributed by atoms with Crippen LogP contribution in [0, 0.1) is 0 Å². The number of hydrogen-bond acceptors (Lipinski definition) is 3. The van der Waals surface area contributed by atoms with E-state index in [4.69, 9.17) is 5.73 Å². The molecule has 0 bridgehead atoms. The Kier molecular flexibility index (Phi) is 3.86. The van der Waals surface area contributed by atoms with Crippen LogP contribution in [0.4, 0.5) is 11.4 Å². The number of hydrogen-bond donors (Lipinski definition) is 3. The van der Waals surface area contributed by atoms with Gasteiger partial charge in [0.05, 0.1) is 11.3 Å². The molecule has 5 rings (SSSR count). The maximum atomic E-state index is 12.5. The predicted molar refractivity (Wildman–Crippen MR) is 110 cm³/mol. The molecule has 0 aliphatic carbocycles. The summed E-state index contributed by atoms with van der Waals surface area (Å²) < 4.78 is 0. The van der Waals surface area contributed by atoms with Crippen LogP contribution in [-0.4, -0.2) is 29.9 Å². The smallest absolute Gasteiger partial charge is 0.250 e. The topological polar surface area (TPSA) is 91.2 Å². The summed E-state index contributed by atoms with van der Waals surface area (Å²) in [6.07, 6.45) is 4.45. The minimum atomic E-state index is -0.430. The summed E-state index contributed by atoms with van der Waals surface area (Å²) in [7, 11) is 0. The van der Waals surface area contributed by atoms with Gasteiger partial charge in [-0.1, -0.05) is 12.1 Å². The van der Waals surface area contributed by atoms with Crippen molar-refractivity contribution < 1.29 is 9.59 Å². The Morgan fingerprint density at radius 2 is 1.93 bits per heavy atom. The molecule has 2 aliphatic rings. The van der Waals surface area contributed by atoms with E-state index in [1.165, 1.54) is 0 Å². The maximum Gasteiger partial charge on any atom is 0.250 e. The van der Waals surface area contributed by atoms with E-state index in [9.17, 15) is 9.59 Å². The van der Waals surface area contributed by atoms with Crippen molar-refractivity contribution in [3.63, 3.8) is 0 Å². The summed E-state index contributed by atoms with van der Waals surface area (Å²) >= 11 is 0. The van der Waals surface area contributed by atoms with Gasteiger partial charge in [0.1, 0.15) is 0 Å². The van der Waals surface area contributed by atoms with Crippen molar-refractivity contribution in [2.24, 2.45) is 5.73 Å². The first-order chi connectivity index (χ1) is 13.6. The van der Waals surface area contributed by atoms with Crippen LogP contribution in [0.15, 0.2) is 42.6 Å². The Bertz CT molecular complexity index is 1100. The first-order valence-electron chi connectivity index (χ1n) is 9.70. The number of amides is 2. The minimum absolute atomic E-state index is 0.00997. The normalized spacial score (nSPS) is 18.9. The van der Waals surface area contributed by atoms with Crippen molar-refractivity contribution in [3.05, 3.63) is 59.3 Å². The predicted octanol–water partition coefficient (Wildman–Crippen LogP) is 3.34. The highest BCUT2D eigenvalue weighted by molar-refractivity contribution is 6.03. The Morgan fingerprint density at radius 1 is 1.11 bits per heavy atom. The van der Waals surface area contributed by atoms with Crippen LogP contribution in [0.3, 0.4) is 0 Å². The number of primary amides is 1. The number of carbonyl (C=O) groups excluding carboxylic acids is 2. The molecule has 142 valence electrons. The van der Waals surface area contributed by atoms with Gasteiger partial charge in [0.25, 0.3) is 5.91 Å². The molecule has 0 radical (unpaired) electrons. The summed E-state index contributed by atoms with van der Waals surface area (Å²) in [5.74, 6) is -0.557. The van der Waals surface area contributed by atoms with Gasteiger partial charge in [0.15, 0.2) is 0 Å². The molecule has 2 amide bonds. The van der Waals surface area contributed by atoms with E-state index < -0.39 is 5.91 Å². The second-order valence-corrected chi connectivity index (χ2v) is 7.61. The number of anilines is 2. The van der Waals surface area contributed by atoms with Crippen molar-refractivity contribution in [3.8, 4) is 0 Å². The van der Waals surface area contributed by atoms with E-state index in [1.807, 2.05) is 36.5 Å². The minimum Gasteiger partial charge on any atom is -0.371 e. The number of nitrogens with one attached hydrogen (secondary N) is 2. The average Bonchev–Trinajstić information content (AvgIpc) is 3.37. The molecule has 3 aromatic rings. The highest BCUT2D eigenvalue weighted by atomic mass is 16.2. The summed E-state index contributed by atoms with van der Waals surface area (Å²) in [4.78, 5) is 30.2. The van der Waals surface area contributed by atoms with Gasteiger partial charge in [-0.05, 0) is 48.2 Å². The van der Waals surface area contributed by atoms with Crippen molar-refractivity contribution >= 4 is 34.1 Å². The Balaban J connectivity index is 1.69. The molecule has 4 N–H and O–H groups in total. The third-order valence-corrected chi connectivity index (χ3v) is 5.92. The number of nitrogens with zero attached hydrogens (tertiary/aromatic N) is 1. The zero-order valence-corrected chi connectivity index (χ0v) is 15.5. The Morgan fingerprint density at radius 3 is 2.71 bits per heavy atom. The number of aromatic nitrogens is 1. The molecule has 1 aromatic heterocycles. The molecule has 1 saturated heterocycles. The van der Waals surface area contributed by atoms with Crippen LogP contribution >= 0.6 is 0 Å². The van der Waals surface area contributed by atoms with E-state index in [0.717, 1.165) is 59.3 Å². The lowest BCUT2D eigenvalue weighted by Gasteiger charge is -2.30. The van der Waals surface area contributed by atoms with Gasteiger partial charge in [-0.3, -0.25) is 9.59 Å². The maximum absolute atomic E-state index is 12.5. The van der Waals surface area contributed by atoms with E-state index in [2.05, 4.69) is 21.3 Å². The lowest BCUT2D eigenvalue weighted by molar-refractivity contribution is -0.116. The van der Waals surface area contributed by atoms with Gasteiger partial charge in [-0.2, -0.15) is 0 Å². The van der Waals surface area contributed by atoms with Gasteiger partial charge < -0.3 is 20.9 Å². The van der Waals surface area contributed by atoms with Crippen molar-refractivity contribution in [2.75, 3.05) is 23.3 Å². The molecule has 0 spiro atoms. The van der Waals surface area contributed by atoms with Gasteiger partial charge in [-0.25, -0.2) is 0 Å². The number of carbonyl (C=O) groups is 2. The summed E-state index contributed by atoms with van der Waals surface area (Å²) in [5.41, 5.74) is 10.9. The van der Waals surface area contributed by atoms with Gasteiger partial charge in [0, 0.05) is 48.2 Å². The van der Waals surface area contributed by atoms with Crippen LogP contribution < -0.4 is 16.0 Å².